The summed E-state index contributed by atoms with van der Waals surface area (Å²) in [4.78, 5) is 0. The van der Waals surface area contributed by atoms with Gasteiger partial charge in [-0.25, -0.2) is 0 Å². The van der Waals surface area contributed by atoms with E-state index in [1.54, 1.807) is 3.58 Å². The summed E-state index contributed by atoms with van der Waals surface area (Å²) in [6, 6.07) is 0. The second kappa shape index (κ2) is 1.75. The van der Waals surface area contributed by atoms with Gasteiger partial charge >= 0.3 is 62.3 Å². The number of alkyl halides is 2. The molecule has 2 aliphatic heterocycles. The van der Waals surface area contributed by atoms with E-state index in [-0.39, 0.29) is 0 Å². The van der Waals surface area contributed by atoms with Crippen molar-refractivity contribution in [1.82, 2.24) is 0 Å². The van der Waals surface area contributed by atoms with Crippen LogP contribution in [0.15, 0.2) is 21.4 Å². The number of fused-ring (bicyclic) bond motifs is 1. The van der Waals surface area contributed by atoms with Crippen LogP contribution in [0.3, 0.4) is 0 Å². The van der Waals surface area contributed by atoms with E-state index in [1.807, 2.05) is 0 Å². The van der Waals surface area contributed by atoms with E-state index < -0.39 is 19.8 Å². The van der Waals surface area contributed by atoms with Crippen LogP contribution in [0.4, 0.5) is 0 Å². The Labute approximate surface area is 62.4 Å². The molecule has 1 saturated heterocycles. The quantitative estimate of drug-likeness (QED) is 0.501. The number of nitrogens with two attached hydrogens (primary N) is 1. The third-order valence-electron chi connectivity index (χ3n) is 1.77. The Kier molecular flexibility index (Phi) is 1.12. The Balaban J connectivity index is 2.33. The van der Waals surface area contributed by atoms with Crippen LogP contribution in [0.5, 0.6) is 0 Å². The van der Waals surface area contributed by atoms with Crippen molar-refractivity contribution in [1.29, 1.82) is 0 Å². The molecule has 2 aliphatic rings. The Morgan fingerprint density at radius 3 is 3.11 bits per heavy atom. The Morgan fingerprint density at radius 2 is 2.44 bits per heavy atom. The monoisotopic (exact) mass is 235 g/mol. The molecule has 0 saturated carbocycles. The van der Waals surface area contributed by atoms with Crippen LogP contribution in [0.1, 0.15) is 6.92 Å². The summed E-state index contributed by atoms with van der Waals surface area (Å²) >= 11 is -0.569. The molecule has 0 aromatic rings. The Hall–Kier alpha value is 0.0100. The molecule has 2 heterocycles. The van der Waals surface area contributed by atoms with Crippen molar-refractivity contribution in [3.63, 3.8) is 0 Å². The van der Waals surface area contributed by atoms with Gasteiger partial charge < -0.3 is 0 Å². The maximum atomic E-state index is 5.74. The summed E-state index contributed by atoms with van der Waals surface area (Å²) in [5, 5.41) is 0. The standard InChI is InChI=1S/C7H10IN/c1-5-2-3-7(9)6-4-8(5)6/h2-3,6H,4,9H2,1H3/t6-/m1/s1. The molecule has 0 aliphatic carbocycles. The van der Waals surface area contributed by atoms with Gasteiger partial charge in [-0.05, 0) is 0 Å². The fourth-order valence-corrected chi connectivity index (χ4v) is 6.94. The molecular formula is C7H10IN. The second-order valence-corrected chi connectivity index (χ2v) is 8.79. The summed E-state index contributed by atoms with van der Waals surface area (Å²) in [6.07, 6.45) is 4.30. The Bertz CT molecular complexity index is 183. The van der Waals surface area contributed by atoms with Gasteiger partial charge in [0.25, 0.3) is 0 Å². The summed E-state index contributed by atoms with van der Waals surface area (Å²) < 4.78 is 3.99. The van der Waals surface area contributed by atoms with Crippen LogP contribution in [0, 0.1) is 0 Å². The zero-order valence-corrected chi connectivity index (χ0v) is 7.55. The van der Waals surface area contributed by atoms with Crippen molar-refractivity contribution in [3.8, 4) is 0 Å². The molecule has 0 aromatic carbocycles. The van der Waals surface area contributed by atoms with Gasteiger partial charge in [-0.15, -0.1) is 0 Å². The third kappa shape index (κ3) is 0.801. The first-order valence-corrected chi connectivity index (χ1v) is 6.92. The van der Waals surface area contributed by atoms with Gasteiger partial charge in [0, 0.05) is 0 Å². The minimum absolute atomic E-state index is 0.569. The van der Waals surface area contributed by atoms with Crippen LogP contribution in [-0.4, -0.2) is 8.35 Å². The summed E-state index contributed by atoms with van der Waals surface area (Å²) in [5.41, 5.74) is 6.90. The van der Waals surface area contributed by atoms with E-state index in [2.05, 4.69) is 19.1 Å². The molecule has 0 spiro atoms. The van der Waals surface area contributed by atoms with Crippen molar-refractivity contribution in [2.75, 3.05) is 4.43 Å². The van der Waals surface area contributed by atoms with Crippen molar-refractivity contribution in [2.24, 2.45) is 5.73 Å². The van der Waals surface area contributed by atoms with Gasteiger partial charge in [-0.2, -0.15) is 0 Å². The van der Waals surface area contributed by atoms with Gasteiger partial charge in [0.05, 0.1) is 0 Å². The summed E-state index contributed by atoms with van der Waals surface area (Å²) in [6.45, 7) is 2.26. The third-order valence-corrected chi connectivity index (χ3v) is 7.99. The SMILES string of the molecule is CC1=CC=C(N)[C@H]2CI12. The van der Waals surface area contributed by atoms with Gasteiger partial charge in [0.1, 0.15) is 0 Å². The first-order valence-electron chi connectivity index (χ1n) is 3.07. The van der Waals surface area contributed by atoms with E-state index in [0.717, 1.165) is 9.62 Å². The summed E-state index contributed by atoms with van der Waals surface area (Å²) in [7, 11) is 0. The number of hydrogen-bond acceptors (Lipinski definition) is 1. The Morgan fingerprint density at radius 1 is 1.67 bits per heavy atom. The molecule has 0 radical (unpaired) electrons. The molecule has 1 atom stereocenters. The van der Waals surface area contributed by atoms with Crippen LogP contribution in [0.25, 0.3) is 0 Å². The molecule has 2 rings (SSSR count). The van der Waals surface area contributed by atoms with Crippen LogP contribution < -0.4 is 5.73 Å². The zero-order valence-electron chi connectivity index (χ0n) is 5.39. The average Bonchev–Trinajstić information content (AvgIpc) is 2.57. The fourth-order valence-electron chi connectivity index (χ4n) is 1.08. The predicted octanol–water partition coefficient (Wildman–Crippen LogP) is 1.64. The molecule has 9 heavy (non-hydrogen) atoms. The number of allylic oxidation sites excluding steroid dienone is 4. The maximum absolute atomic E-state index is 5.74. The topological polar surface area (TPSA) is 26.0 Å². The molecule has 1 fully saturated rings. The van der Waals surface area contributed by atoms with E-state index in [4.69, 9.17) is 5.73 Å². The zero-order chi connectivity index (χ0) is 6.43. The van der Waals surface area contributed by atoms with Crippen molar-refractivity contribution >= 4 is 19.8 Å². The molecular weight excluding hydrogens is 225 g/mol. The predicted molar refractivity (Wildman–Crippen MR) is 48.7 cm³/mol. The first kappa shape index (κ1) is 5.77. The van der Waals surface area contributed by atoms with Crippen LogP contribution in [-0.2, 0) is 0 Å². The van der Waals surface area contributed by atoms with Crippen molar-refractivity contribution in [3.05, 3.63) is 21.4 Å². The average molecular weight is 235 g/mol. The second-order valence-electron chi connectivity index (χ2n) is 2.44. The van der Waals surface area contributed by atoms with Crippen molar-refractivity contribution < 1.29 is 0 Å². The minimum atomic E-state index is -0.569. The van der Waals surface area contributed by atoms with Gasteiger partial charge in [0.15, 0.2) is 0 Å². The fraction of sp³-hybridized carbons (Fsp3) is 0.429. The number of hydrogen-bond donors (Lipinski definition) is 1. The molecule has 2 heteroatoms. The molecule has 0 unspecified atom stereocenters. The van der Waals surface area contributed by atoms with Gasteiger partial charge in [-0.3, -0.25) is 0 Å². The van der Waals surface area contributed by atoms with Crippen molar-refractivity contribution in [2.45, 2.75) is 10.8 Å². The molecule has 0 bridgehead atoms. The summed E-state index contributed by atoms with van der Waals surface area (Å²) in [5.74, 6) is 0. The molecule has 50 valence electrons. The number of rotatable bonds is 0. The van der Waals surface area contributed by atoms with E-state index in [9.17, 15) is 0 Å². The van der Waals surface area contributed by atoms with E-state index in [0.29, 0.717) is 0 Å². The van der Waals surface area contributed by atoms with E-state index in [1.165, 1.54) is 4.43 Å². The molecule has 0 amide bonds. The molecule has 0 aromatic heterocycles. The van der Waals surface area contributed by atoms with Crippen LogP contribution in [0.2, 0.25) is 0 Å². The first-order chi connectivity index (χ1) is 4.29. The molecule has 1 nitrogen and oxygen atoms in total. The van der Waals surface area contributed by atoms with E-state index >= 15 is 0 Å². The van der Waals surface area contributed by atoms with Gasteiger partial charge in [0.2, 0.25) is 0 Å². The van der Waals surface area contributed by atoms with Crippen LogP contribution >= 0.6 is 19.8 Å². The normalized spacial score (nSPS) is 34.8. The number of halogens is 1. The van der Waals surface area contributed by atoms with Gasteiger partial charge in [-0.1, -0.05) is 0 Å². The molecule has 2 N–H and O–H groups in total.